The van der Waals surface area contributed by atoms with Crippen molar-refractivity contribution in [3.63, 3.8) is 0 Å². The molecule has 2 nitrogen and oxygen atoms in total. The third-order valence-corrected chi connectivity index (χ3v) is 3.25. The molecule has 1 aliphatic rings. The fourth-order valence-corrected chi connectivity index (χ4v) is 2.48. The molecule has 0 bridgehead atoms. The van der Waals surface area contributed by atoms with Crippen molar-refractivity contribution in [2.45, 2.75) is 11.4 Å². The van der Waals surface area contributed by atoms with Crippen LogP contribution in [-0.2, 0) is 6.54 Å². The largest absolute Gasteiger partial charge is 0.496 e. The number of hydrogen-bond donors (Lipinski definition) is 1. The maximum atomic E-state index is 5.31. The SMILES string of the molecule is COc1cccc2c1CNCCS2. The molecule has 1 aromatic rings. The zero-order valence-corrected chi connectivity index (χ0v) is 8.49. The molecule has 0 aliphatic carbocycles. The van der Waals surface area contributed by atoms with E-state index >= 15 is 0 Å². The van der Waals surface area contributed by atoms with Crippen molar-refractivity contribution >= 4 is 11.8 Å². The van der Waals surface area contributed by atoms with Crippen LogP contribution in [0.5, 0.6) is 5.75 Å². The monoisotopic (exact) mass is 195 g/mol. The maximum Gasteiger partial charge on any atom is 0.124 e. The lowest BCUT2D eigenvalue weighted by Gasteiger charge is -2.09. The van der Waals surface area contributed by atoms with Gasteiger partial charge in [0.1, 0.15) is 5.75 Å². The van der Waals surface area contributed by atoms with Crippen LogP contribution in [0.2, 0.25) is 0 Å². The highest BCUT2D eigenvalue weighted by Crippen LogP contribution is 2.31. The molecule has 0 spiro atoms. The first-order chi connectivity index (χ1) is 6.42. The minimum absolute atomic E-state index is 0.923. The van der Waals surface area contributed by atoms with E-state index in [-0.39, 0.29) is 0 Å². The molecule has 1 aliphatic heterocycles. The number of benzene rings is 1. The summed E-state index contributed by atoms with van der Waals surface area (Å²) in [5.41, 5.74) is 1.30. The Kier molecular flexibility index (Phi) is 2.76. The lowest BCUT2D eigenvalue weighted by atomic mass is 10.2. The topological polar surface area (TPSA) is 21.3 Å². The van der Waals surface area contributed by atoms with Crippen LogP contribution in [0.15, 0.2) is 23.1 Å². The summed E-state index contributed by atoms with van der Waals surface area (Å²) < 4.78 is 5.31. The van der Waals surface area contributed by atoms with Crippen LogP contribution in [0, 0.1) is 0 Å². The number of fused-ring (bicyclic) bond motifs is 1. The summed E-state index contributed by atoms with van der Waals surface area (Å²) in [6.45, 7) is 1.99. The molecule has 0 saturated heterocycles. The van der Waals surface area contributed by atoms with Crippen LogP contribution in [0.1, 0.15) is 5.56 Å². The molecule has 70 valence electrons. The highest BCUT2D eigenvalue weighted by molar-refractivity contribution is 7.99. The molecule has 0 saturated carbocycles. The predicted molar refractivity (Wildman–Crippen MR) is 55.4 cm³/mol. The van der Waals surface area contributed by atoms with Gasteiger partial charge in [0.2, 0.25) is 0 Å². The van der Waals surface area contributed by atoms with Gasteiger partial charge in [-0.2, -0.15) is 0 Å². The summed E-state index contributed by atoms with van der Waals surface area (Å²) in [7, 11) is 1.73. The van der Waals surface area contributed by atoms with Crippen LogP contribution in [0.4, 0.5) is 0 Å². The zero-order chi connectivity index (χ0) is 9.10. The van der Waals surface area contributed by atoms with Crippen molar-refractivity contribution in [2.24, 2.45) is 0 Å². The van der Waals surface area contributed by atoms with Crippen molar-refractivity contribution in [3.05, 3.63) is 23.8 Å². The Morgan fingerprint density at radius 1 is 1.46 bits per heavy atom. The summed E-state index contributed by atoms with van der Waals surface area (Å²) in [5, 5.41) is 3.38. The Morgan fingerprint density at radius 2 is 2.38 bits per heavy atom. The smallest absolute Gasteiger partial charge is 0.124 e. The summed E-state index contributed by atoms with van der Waals surface area (Å²) >= 11 is 1.90. The first-order valence-electron chi connectivity index (χ1n) is 4.41. The number of nitrogens with one attached hydrogen (secondary N) is 1. The number of methoxy groups -OCH3 is 1. The zero-order valence-electron chi connectivity index (χ0n) is 7.67. The van der Waals surface area contributed by atoms with E-state index in [1.165, 1.54) is 10.5 Å². The van der Waals surface area contributed by atoms with E-state index in [0.717, 1.165) is 24.6 Å². The molecular weight excluding hydrogens is 182 g/mol. The number of rotatable bonds is 1. The van der Waals surface area contributed by atoms with Gasteiger partial charge in [-0.1, -0.05) is 6.07 Å². The minimum Gasteiger partial charge on any atom is -0.496 e. The summed E-state index contributed by atoms with van der Waals surface area (Å²) in [6, 6.07) is 6.23. The first kappa shape index (κ1) is 8.91. The molecule has 2 rings (SSSR count). The van der Waals surface area contributed by atoms with E-state index in [0.29, 0.717) is 0 Å². The lowest BCUT2D eigenvalue weighted by Crippen LogP contribution is -2.14. The van der Waals surface area contributed by atoms with Crippen LogP contribution in [0.25, 0.3) is 0 Å². The second-order valence-electron chi connectivity index (χ2n) is 2.96. The average molecular weight is 195 g/mol. The molecule has 0 unspecified atom stereocenters. The van der Waals surface area contributed by atoms with E-state index in [2.05, 4.69) is 17.4 Å². The molecule has 0 aromatic heterocycles. The van der Waals surface area contributed by atoms with Gasteiger partial charge in [0.05, 0.1) is 7.11 Å². The maximum absolute atomic E-state index is 5.31. The van der Waals surface area contributed by atoms with E-state index in [1.807, 2.05) is 17.8 Å². The van der Waals surface area contributed by atoms with Gasteiger partial charge in [-0.05, 0) is 12.1 Å². The molecule has 13 heavy (non-hydrogen) atoms. The Labute approximate surface area is 82.7 Å². The molecule has 0 amide bonds. The van der Waals surface area contributed by atoms with Gasteiger partial charge in [0.25, 0.3) is 0 Å². The van der Waals surface area contributed by atoms with Gasteiger partial charge < -0.3 is 10.1 Å². The standard InChI is InChI=1S/C10H13NOS/c1-12-9-3-2-4-10-8(9)7-11-5-6-13-10/h2-4,11H,5-7H2,1H3. The quantitative estimate of drug-likeness (QED) is 0.739. The molecule has 1 aromatic carbocycles. The van der Waals surface area contributed by atoms with Crippen LogP contribution in [-0.4, -0.2) is 19.4 Å². The fourth-order valence-electron chi connectivity index (χ4n) is 1.49. The minimum atomic E-state index is 0.923. The first-order valence-corrected chi connectivity index (χ1v) is 5.40. The van der Waals surface area contributed by atoms with Gasteiger partial charge in [-0.25, -0.2) is 0 Å². The van der Waals surface area contributed by atoms with Crippen molar-refractivity contribution in [2.75, 3.05) is 19.4 Å². The Morgan fingerprint density at radius 3 is 3.23 bits per heavy atom. The Bertz CT molecular complexity index is 301. The third-order valence-electron chi connectivity index (χ3n) is 2.15. The number of thioether (sulfide) groups is 1. The third kappa shape index (κ3) is 1.81. The summed E-state index contributed by atoms with van der Waals surface area (Å²) in [5.74, 6) is 2.14. The van der Waals surface area contributed by atoms with E-state index < -0.39 is 0 Å². The van der Waals surface area contributed by atoms with Gasteiger partial charge in [-0.15, -0.1) is 11.8 Å². The van der Waals surface area contributed by atoms with E-state index in [1.54, 1.807) is 7.11 Å². The Hall–Kier alpha value is -0.670. The highest BCUT2D eigenvalue weighted by atomic mass is 32.2. The fraction of sp³-hybridized carbons (Fsp3) is 0.400. The van der Waals surface area contributed by atoms with Gasteiger partial charge in [0, 0.05) is 29.3 Å². The number of ether oxygens (including phenoxy) is 1. The molecule has 0 radical (unpaired) electrons. The van der Waals surface area contributed by atoms with Gasteiger partial charge >= 0.3 is 0 Å². The normalized spacial score (nSPS) is 16.1. The Balaban J connectivity index is 2.40. The second kappa shape index (κ2) is 4.03. The van der Waals surface area contributed by atoms with Crippen LogP contribution >= 0.6 is 11.8 Å². The molecule has 0 atom stereocenters. The number of hydrogen-bond acceptors (Lipinski definition) is 3. The highest BCUT2D eigenvalue weighted by Gasteiger charge is 2.11. The van der Waals surface area contributed by atoms with Gasteiger partial charge in [-0.3, -0.25) is 0 Å². The average Bonchev–Trinajstić information content (AvgIpc) is 2.41. The molecule has 1 heterocycles. The molecule has 3 heteroatoms. The van der Waals surface area contributed by atoms with Crippen LogP contribution in [0.3, 0.4) is 0 Å². The molecular formula is C10H13NOS. The van der Waals surface area contributed by atoms with Gasteiger partial charge in [0.15, 0.2) is 0 Å². The summed E-state index contributed by atoms with van der Waals surface area (Å²) in [4.78, 5) is 1.35. The molecule has 1 N–H and O–H groups in total. The predicted octanol–water partition coefficient (Wildman–Crippen LogP) is 1.89. The van der Waals surface area contributed by atoms with Crippen molar-refractivity contribution in [1.29, 1.82) is 0 Å². The molecule has 0 fully saturated rings. The van der Waals surface area contributed by atoms with E-state index in [9.17, 15) is 0 Å². The van der Waals surface area contributed by atoms with Crippen molar-refractivity contribution in [1.82, 2.24) is 5.32 Å². The van der Waals surface area contributed by atoms with E-state index in [4.69, 9.17) is 4.74 Å². The van der Waals surface area contributed by atoms with Crippen molar-refractivity contribution in [3.8, 4) is 5.75 Å². The second-order valence-corrected chi connectivity index (χ2v) is 4.10. The lowest BCUT2D eigenvalue weighted by molar-refractivity contribution is 0.406. The summed E-state index contributed by atoms with van der Waals surface area (Å²) in [6.07, 6.45) is 0. The van der Waals surface area contributed by atoms with Crippen LogP contribution < -0.4 is 10.1 Å². The van der Waals surface area contributed by atoms with Crippen molar-refractivity contribution < 1.29 is 4.74 Å².